The fraction of sp³-hybridized carbons (Fsp3) is 0.462. The van der Waals surface area contributed by atoms with Gasteiger partial charge in [0.25, 0.3) is 0 Å². The Morgan fingerprint density at radius 2 is 2.00 bits per heavy atom. The van der Waals surface area contributed by atoms with Crippen LogP contribution in [0.15, 0.2) is 6.20 Å². The molecule has 0 atom stereocenters. The quantitative estimate of drug-likeness (QED) is 0.777. The van der Waals surface area contributed by atoms with Crippen molar-refractivity contribution in [3.8, 4) is 5.75 Å². The summed E-state index contributed by atoms with van der Waals surface area (Å²) in [6, 6.07) is 0. The van der Waals surface area contributed by atoms with Gasteiger partial charge in [0.15, 0.2) is 11.5 Å². The van der Waals surface area contributed by atoms with E-state index in [1.54, 1.807) is 22.6 Å². The molecule has 2 rings (SSSR count). The normalized spacial score (nSPS) is 10.8. The van der Waals surface area contributed by atoms with Gasteiger partial charge in [-0.3, -0.25) is 14.2 Å². The van der Waals surface area contributed by atoms with Gasteiger partial charge in [-0.1, -0.05) is 0 Å². The Morgan fingerprint density at radius 1 is 1.32 bits per heavy atom. The first kappa shape index (κ1) is 13.3. The summed E-state index contributed by atoms with van der Waals surface area (Å²) in [6.45, 7) is 3.87. The number of ketones is 1. The van der Waals surface area contributed by atoms with Gasteiger partial charge in [0.1, 0.15) is 5.69 Å². The van der Waals surface area contributed by atoms with Crippen molar-refractivity contribution in [3.63, 3.8) is 0 Å². The van der Waals surface area contributed by atoms with Crippen molar-refractivity contribution in [2.75, 3.05) is 7.11 Å². The molecule has 0 aliphatic heterocycles. The molecule has 0 spiro atoms. The van der Waals surface area contributed by atoms with Crippen LogP contribution in [0.2, 0.25) is 0 Å². The first-order valence-corrected chi connectivity index (χ1v) is 6.04. The summed E-state index contributed by atoms with van der Waals surface area (Å²) in [5.41, 5.74) is 3.35. The second kappa shape index (κ2) is 4.87. The number of carbonyl (C=O) groups excluding carboxylic acids is 1. The summed E-state index contributed by atoms with van der Waals surface area (Å²) < 4.78 is 8.50. The van der Waals surface area contributed by atoms with Gasteiger partial charge in [-0.05, 0) is 13.8 Å². The Kier molecular flexibility index (Phi) is 3.42. The molecule has 102 valence electrons. The molecule has 2 aromatic heterocycles. The van der Waals surface area contributed by atoms with Gasteiger partial charge in [0.05, 0.1) is 19.0 Å². The predicted octanol–water partition coefficient (Wildman–Crippen LogP) is 1.20. The average Bonchev–Trinajstić information content (AvgIpc) is 2.85. The standard InChI is InChI=1S/C13H18N4O2/c1-8-10(9(2)16(3)15-8)6-11(18)13-12(19-5)7-14-17(13)4/h7H,6H2,1-5H3. The van der Waals surface area contributed by atoms with E-state index >= 15 is 0 Å². The molecule has 0 aromatic carbocycles. The van der Waals surface area contributed by atoms with Crippen molar-refractivity contribution >= 4 is 5.78 Å². The number of aromatic nitrogens is 4. The van der Waals surface area contributed by atoms with Crippen LogP contribution in [0.1, 0.15) is 27.4 Å². The molecule has 0 fully saturated rings. The zero-order valence-electron chi connectivity index (χ0n) is 11.9. The summed E-state index contributed by atoms with van der Waals surface area (Å²) in [6.07, 6.45) is 1.86. The van der Waals surface area contributed by atoms with Crippen LogP contribution in [0.25, 0.3) is 0 Å². The minimum Gasteiger partial charge on any atom is -0.493 e. The monoisotopic (exact) mass is 262 g/mol. The highest BCUT2D eigenvalue weighted by molar-refractivity contribution is 5.98. The SMILES string of the molecule is COc1cnn(C)c1C(=O)Cc1c(C)nn(C)c1C. The lowest BCUT2D eigenvalue weighted by molar-refractivity contribution is 0.0980. The predicted molar refractivity (Wildman–Crippen MR) is 70.5 cm³/mol. The molecule has 0 aliphatic carbocycles. The summed E-state index contributed by atoms with van der Waals surface area (Å²) >= 11 is 0. The van der Waals surface area contributed by atoms with Crippen molar-refractivity contribution in [2.24, 2.45) is 14.1 Å². The molecule has 0 amide bonds. The van der Waals surface area contributed by atoms with E-state index in [-0.39, 0.29) is 5.78 Å². The van der Waals surface area contributed by atoms with Gasteiger partial charge < -0.3 is 4.74 Å². The van der Waals surface area contributed by atoms with Crippen molar-refractivity contribution in [1.82, 2.24) is 19.6 Å². The number of rotatable bonds is 4. The summed E-state index contributed by atoms with van der Waals surface area (Å²) in [7, 11) is 5.15. The van der Waals surface area contributed by atoms with E-state index in [2.05, 4.69) is 10.2 Å². The molecule has 19 heavy (non-hydrogen) atoms. The number of aryl methyl sites for hydroxylation is 3. The van der Waals surface area contributed by atoms with Crippen LogP contribution in [0.4, 0.5) is 0 Å². The Balaban J connectivity index is 2.33. The molecule has 0 radical (unpaired) electrons. The van der Waals surface area contributed by atoms with Crippen LogP contribution in [-0.2, 0) is 20.5 Å². The molecule has 0 saturated heterocycles. The number of methoxy groups -OCH3 is 1. The lowest BCUT2D eigenvalue weighted by Gasteiger charge is -2.05. The van der Waals surface area contributed by atoms with Crippen molar-refractivity contribution in [1.29, 1.82) is 0 Å². The summed E-state index contributed by atoms with van der Waals surface area (Å²) in [4.78, 5) is 12.4. The van der Waals surface area contributed by atoms with E-state index in [1.807, 2.05) is 20.9 Å². The van der Waals surface area contributed by atoms with Gasteiger partial charge in [-0.25, -0.2) is 0 Å². The smallest absolute Gasteiger partial charge is 0.189 e. The first-order chi connectivity index (χ1) is 8.95. The van der Waals surface area contributed by atoms with Crippen LogP contribution in [0, 0.1) is 13.8 Å². The van der Waals surface area contributed by atoms with Gasteiger partial charge in [-0.2, -0.15) is 10.2 Å². The molecule has 0 saturated carbocycles. The molecular formula is C13H18N4O2. The van der Waals surface area contributed by atoms with Crippen LogP contribution >= 0.6 is 0 Å². The van der Waals surface area contributed by atoms with Gasteiger partial charge in [0, 0.05) is 31.8 Å². The maximum atomic E-state index is 12.4. The molecule has 0 N–H and O–H groups in total. The number of ether oxygens (including phenoxy) is 1. The molecule has 2 heterocycles. The molecule has 6 nitrogen and oxygen atoms in total. The molecule has 0 aliphatic rings. The number of carbonyl (C=O) groups is 1. The van der Waals surface area contributed by atoms with E-state index in [9.17, 15) is 4.79 Å². The van der Waals surface area contributed by atoms with Gasteiger partial charge in [-0.15, -0.1) is 0 Å². The fourth-order valence-electron chi connectivity index (χ4n) is 2.20. The summed E-state index contributed by atoms with van der Waals surface area (Å²) in [5.74, 6) is 0.489. The van der Waals surface area contributed by atoms with Crippen LogP contribution < -0.4 is 4.74 Å². The maximum Gasteiger partial charge on any atom is 0.189 e. The highest BCUT2D eigenvalue weighted by Crippen LogP contribution is 2.21. The van der Waals surface area contributed by atoms with Gasteiger partial charge in [0.2, 0.25) is 0 Å². The third kappa shape index (κ3) is 2.25. The number of Topliss-reactive ketones (excluding diaryl/α,β-unsaturated/α-hetero) is 1. The van der Waals surface area contributed by atoms with E-state index in [0.717, 1.165) is 17.0 Å². The van der Waals surface area contributed by atoms with Crippen LogP contribution in [-0.4, -0.2) is 32.5 Å². The Morgan fingerprint density at radius 3 is 2.53 bits per heavy atom. The maximum absolute atomic E-state index is 12.4. The third-order valence-corrected chi connectivity index (χ3v) is 3.39. The molecule has 0 bridgehead atoms. The first-order valence-electron chi connectivity index (χ1n) is 6.04. The third-order valence-electron chi connectivity index (χ3n) is 3.39. The zero-order valence-corrected chi connectivity index (χ0v) is 11.9. The van der Waals surface area contributed by atoms with Crippen LogP contribution in [0.3, 0.4) is 0 Å². The number of hydrogen-bond acceptors (Lipinski definition) is 4. The number of nitrogens with zero attached hydrogens (tertiary/aromatic N) is 4. The Hall–Kier alpha value is -2.11. The highest BCUT2D eigenvalue weighted by Gasteiger charge is 2.21. The van der Waals surface area contributed by atoms with Gasteiger partial charge >= 0.3 is 0 Å². The lowest BCUT2D eigenvalue weighted by atomic mass is 10.0. The minimum atomic E-state index is -0.0175. The van der Waals surface area contributed by atoms with E-state index < -0.39 is 0 Å². The largest absolute Gasteiger partial charge is 0.493 e. The summed E-state index contributed by atoms with van der Waals surface area (Å²) in [5, 5.41) is 8.37. The lowest BCUT2D eigenvalue weighted by Crippen LogP contribution is -2.12. The fourth-order valence-corrected chi connectivity index (χ4v) is 2.20. The van der Waals surface area contributed by atoms with Crippen molar-refractivity contribution in [2.45, 2.75) is 20.3 Å². The van der Waals surface area contributed by atoms with Crippen molar-refractivity contribution < 1.29 is 9.53 Å². The molecule has 6 heteroatoms. The molecule has 0 unspecified atom stereocenters. The zero-order chi connectivity index (χ0) is 14.2. The average molecular weight is 262 g/mol. The van der Waals surface area contributed by atoms with E-state index in [0.29, 0.717) is 17.9 Å². The van der Waals surface area contributed by atoms with Crippen LogP contribution in [0.5, 0.6) is 5.75 Å². The minimum absolute atomic E-state index is 0.0175. The van der Waals surface area contributed by atoms with Crippen molar-refractivity contribution in [3.05, 3.63) is 28.8 Å². The second-order valence-corrected chi connectivity index (χ2v) is 4.56. The van der Waals surface area contributed by atoms with E-state index in [1.165, 1.54) is 7.11 Å². The Labute approximate surface area is 112 Å². The molecule has 2 aromatic rings. The highest BCUT2D eigenvalue weighted by atomic mass is 16.5. The topological polar surface area (TPSA) is 61.9 Å². The van der Waals surface area contributed by atoms with E-state index in [4.69, 9.17) is 4.74 Å². The second-order valence-electron chi connectivity index (χ2n) is 4.56. The molecular weight excluding hydrogens is 244 g/mol. The number of hydrogen-bond donors (Lipinski definition) is 0. The Bertz CT molecular complexity index is 625.